The van der Waals surface area contributed by atoms with Crippen LogP contribution in [0.1, 0.15) is 106 Å². The second-order valence-electron chi connectivity index (χ2n) is 17.1. The summed E-state index contributed by atoms with van der Waals surface area (Å²) in [5.41, 5.74) is 13.7. The summed E-state index contributed by atoms with van der Waals surface area (Å²) in [6, 6.07) is 37.6. The molecule has 2 aliphatic carbocycles. The topological polar surface area (TPSA) is 0 Å². The van der Waals surface area contributed by atoms with Gasteiger partial charge in [-0.2, -0.15) is 0 Å². The van der Waals surface area contributed by atoms with E-state index in [-0.39, 0.29) is 41.1 Å². The van der Waals surface area contributed by atoms with E-state index < -0.39 is 21.3 Å². The average Bonchev–Trinajstić information content (AvgIpc) is 3.55. The van der Waals surface area contributed by atoms with Crippen LogP contribution in [0, 0.1) is 11.3 Å². The predicted octanol–water partition coefficient (Wildman–Crippen LogP) is 6.14. The molecule has 1 atom stereocenters. The fourth-order valence-electron chi connectivity index (χ4n) is 7.51. The van der Waals surface area contributed by atoms with Crippen molar-refractivity contribution in [1.82, 2.24) is 0 Å². The van der Waals surface area contributed by atoms with Gasteiger partial charge in [0.05, 0.1) is 0 Å². The van der Waals surface area contributed by atoms with Crippen molar-refractivity contribution in [3.05, 3.63) is 151 Å². The zero-order chi connectivity index (χ0) is 33.7. The SMILES string of the molecule is CC1C=C(C(C)(C)C)C=[C]1[Zr+2](=[C](Cc1ccccc1)Cc1ccccc1)[CH]1c2cc(C(C)(C)C)ccc2-c2ccc(C(C)(C)C)cc21.[Cl-].[Cl-]. The average molecular weight is 769 g/mol. The van der Waals surface area contributed by atoms with E-state index in [1.165, 1.54) is 39.0 Å². The number of benzene rings is 4. The molecule has 0 nitrogen and oxygen atoms in total. The summed E-state index contributed by atoms with van der Waals surface area (Å²) in [6.45, 7) is 23.9. The summed E-state index contributed by atoms with van der Waals surface area (Å²) in [4.78, 5) is 0. The molecule has 0 aliphatic heterocycles. The maximum absolute atomic E-state index is 2.74. The molecule has 256 valence electrons. The van der Waals surface area contributed by atoms with Crippen LogP contribution < -0.4 is 24.8 Å². The Kier molecular flexibility index (Phi) is 12.2. The minimum Gasteiger partial charge on any atom is -1.00 e. The maximum Gasteiger partial charge on any atom is -1.00 e. The van der Waals surface area contributed by atoms with Crippen molar-refractivity contribution in [1.29, 1.82) is 0 Å². The van der Waals surface area contributed by atoms with Crippen LogP contribution in [0.3, 0.4) is 0 Å². The van der Waals surface area contributed by atoms with Gasteiger partial charge in [-0.1, -0.05) is 0 Å². The first-order valence-corrected chi connectivity index (χ1v) is 21.5. The molecule has 0 N–H and O–H groups in total. The molecule has 0 bridgehead atoms. The van der Waals surface area contributed by atoms with Gasteiger partial charge in [-0.15, -0.1) is 0 Å². The molecular weight excluding hydrogens is 715 g/mol. The van der Waals surface area contributed by atoms with Gasteiger partial charge in [0.1, 0.15) is 0 Å². The molecule has 4 aromatic rings. The Balaban J connectivity index is 0.00000270. The van der Waals surface area contributed by atoms with Crippen molar-refractivity contribution in [2.75, 3.05) is 0 Å². The molecule has 0 saturated heterocycles. The first-order chi connectivity index (χ1) is 22.1. The van der Waals surface area contributed by atoms with Crippen LogP contribution in [-0.2, 0) is 44.9 Å². The Morgan fingerprint density at radius 1 is 0.571 bits per heavy atom. The predicted molar refractivity (Wildman–Crippen MR) is 201 cm³/mol. The van der Waals surface area contributed by atoms with Crippen LogP contribution in [0.4, 0.5) is 0 Å². The van der Waals surface area contributed by atoms with Gasteiger partial charge < -0.3 is 24.8 Å². The third kappa shape index (κ3) is 8.44. The zero-order valence-electron chi connectivity index (χ0n) is 31.2. The van der Waals surface area contributed by atoms with Crippen molar-refractivity contribution in [2.24, 2.45) is 11.3 Å². The Hall–Kier alpha value is -2.31. The number of halogens is 2. The summed E-state index contributed by atoms with van der Waals surface area (Å²) in [7, 11) is 0. The number of hydrogen-bond acceptors (Lipinski definition) is 0. The number of hydrogen-bond donors (Lipinski definition) is 0. The summed E-state index contributed by atoms with van der Waals surface area (Å²) in [5, 5.41) is 0. The molecule has 3 heteroatoms. The Morgan fingerprint density at radius 3 is 1.37 bits per heavy atom. The van der Waals surface area contributed by atoms with E-state index in [0.717, 1.165) is 12.8 Å². The Labute approximate surface area is 317 Å². The fourth-order valence-corrected chi connectivity index (χ4v) is 17.2. The van der Waals surface area contributed by atoms with Crippen LogP contribution in [0.5, 0.6) is 0 Å². The first-order valence-electron chi connectivity index (χ1n) is 17.6. The van der Waals surface area contributed by atoms with Gasteiger partial charge in [-0.05, 0) is 0 Å². The minimum atomic E-state index is -2.74. The van der Waals surface area contributed by atoms with E-state index in [2.05, 4.69) is 178 Å². The first kappa shape index (κ1) is 39.5. The number of allylic oxidation sites excluding steroid dienone is 4. The quantitative estimate of drug-likeness (QED) is 0.221. The second kappa shape index (κ2) is 15.1. The van der Waals surface area contributed by atoms with E-state index >= 15 is 0 Å². The van der Waals surface area contributed by atoms with Gasteiger partial charge in [-0.3, -0.25) is 0 Å². The molecule has 2 aliphatic rings. The third-order valence-electron chi connectivity index (χ3n) is 10.3. The van der Waals surface area contributed by atoms with Crippen molar-refractivity contribution >= 4 is 3.21 Å². The fraction of sp³-hybridized carbons (Fsp3) is 0.370. The molecule has 0 radical (unpaired) electrons. The van der Waals surface area contributed by atoms with E-state index in [9.17, 15) is 0 Å². The molecule has 6 rings (SSSR count). The van der Waals surface area contributed by atoms with Crippen molar-refractivity contribution in [2.45, 2.75) is 96.5 Å². The molecule has 0 heterocycles. The summed E-state index contributed by atoms with van der Waals surface area (Å²) < 4.78 is 4.01. The normalized spacial score (nSPS) is 15.6. The van der Waals surface area contributed by atoms with E-state index in [4.69, 9.17) is 0 Å². The zero-order valence-corrected chi connectivity index (χ0v) is 35.2. The van der Waals surface area contributed by atoms with E-state index in [0.29, 0.717) is 9.54 Å². The molecule has 49 heavy (non-hydrogen) atoms. The van der Waals surface area contributed by atoms with Gasteiger partial charge in [0, 0.05) is 0 Å². The summed E-state index contributed by atoms with van der Waals surface area (Å²) >= 11 is -2.74. The van der Waals surface area contributed by atoms with Crippen LogP contribution in [0.15, 0.2) is 118 Å². The number of fused-ring (bicyclic) bond motifs is 3. The van der Waals surface area contributed by atoms with Crippen LogP contribution in [0.2, 0.25) is 0 Å². The van der Waals surface area contributed by atoms with Crippen molar-refractivity contribution in [3.8, 4) is 11.1 Å². The van der Waals surface area contributed by atoms with E-state index in [1.807, 2.05) is 0 Å². The molecule has 0 aromatic heterocycles. The molecular formula is C46H54Cl2Zr. The van der Waals surface area contributed by atoms with Crippen LogP contribution in [0.25, 0.3) is 11.1 Å². The van der Waals surface area contributed by atoms with Gasteiger partial charge in [-0.25, -0.2) is 0 Å². The number of rotatable bonds is 6. The maximum atomic E-state index is 2.69. The van der Waals surface area contributed by atoms with Gasteiger partial charge in [0.15, 0.2) is 0 Å². The summed E-state index contributed by atoms with van der Waals surface area (Å²) in [6.07, 6.45) is 7.40. The Bertz CT molecular complexity index is 1770. The van der Waals surface area contributed by atoms with Crippen LogP contribution >= 0.6 is 0 Å². The molecule has 0 amide bonds. The largest absolute Gasteiger partial charge is 1.00 e. The van der Waals surface area contributed by atoms with Crippen molar-refractivity contribution < 1.29 is 46.1 Å². The van der Waals surface area contributed by atoms with Crippen LogP contribution in [-0.4, -0.2) is 3.21 Å². The molecule has 4 aromatic carbocycles. The van der Waals surface area contributed by atoms with Crippen molar-refractivity contribution in [3.63, 3.8) is 0 Å². The standard InChI is InChI=1S/C21H25.C15H14.C10H15.2ClH.Zr/c1-20(2,3)16-7-9-18-14(12-16)11-15-13-17(21(4,5)6)8-10-19(15)18;1-3-8-14(9-4-1)12-7-13-15-10-5-2-6-11-15;1-8-5-6-9(7-8)10(2,3)4;;;/h7-13H,1-6H3;1-6,8-11H,12-13H2;6-8H,1-4H3;2*1H;/q;;;;;+2/p-2. The molecule has 1 unspecified atom stereocenters. The smallest absolute Gasteiger partial charge is 1.00 e. The molecule has 0 spiro atoms. The monoisotopic (exact) mass is 766 g/mol. The van der Waals surface area contributed by atoms with Gasteiger partial charge >= 0.3 is 295 Å². The Morgan fingerprint density at radius 2 is 1.00 bits per heavy atom. The molecule has 0 fully saturated rings. The molecule has 0 saturated carbocycles. The summed E-state index contributed by atoms with van der Waals surface area (Å²) in [5.74, 6) is 0.462. The van der Waals surface area contributed by atoms with E-state index in [1.54, 1.807) is 17.6 Å². The van der Waals surface area contributed by atoms with Gasteiger partial charge in [0.2, 0.25) is 0 Å². The van der Waals surface area contributed by atoms with Gasteiger partial charge in [0.25, 0.3) is 0 Å². The minimum absolute atomic E-state index is 0. The second-order valence-corrected chi connectivity index (χ2v) is 23.7. The third-order valence-corrected chi connectivity index (χ3v) is 19.0.